The summed E-state index contributed by atoms with van der Waals surface area (Å²) < 4.78 is 32.3. The molecular formula is C25H38N6O4S. The Morgan fingerprint density at radius 1 is 1.31 bits per heavy atom. The number of aromatic nitrogens is 3. The molecule has 1 saturated carbocycles. The first-order chi connectivity index (χ1) is 17.1. The molecule has 2 N–H and O–H groups in total. The maximum Gasteiger partial charge on any atom is 0.231 e. The highest BCUT2D eigenvalue weighted by molar-refractivity contribution is 7.88. The lowest BCUT2D eigenvalue weighted by Crippen LogP contribution is -2.20. The van der Waals surface area contributed by atoms with Gasteiger partial charge in [-0.1, -0.05) is 6.08 Å². The molecule has 1 aliphatic carbocycles. The molecule has 4 rings (SSSR count). The number of rotatable bonds is 11. The van der Waals surface area contributed by atoms with E-state index in [1.165, 1.54) is 17.6 Å². The second-order valence-corrected chi connectivity index (χ2v) is 12.0. The molecule has 2 aromatic rings. The van der Waals surface area contributed by atoms with E-state index in [2.05, 4.69) is 22.1 Å². The molecule has 2 fully saturated rings. The van der Waals surface area contributed by atoms with Gasteiger partial charge in [0.15, 0.2) is 5.65 Å². The van der Waals surface area contributed by atoms with Gasteiger partial charge in [-0.15, -0.1) is 0 Å². The van der Waals surface area contributed by atoms with Crippen LogP contribution in [0.4, 0.5) is 11.5 Å². The van der Waals surface area contributed by atoms with Crippen LogP contribution >= 0.6 is 0 Å². The average Bonchev–Trinajstić information content (AvgIpc) is 3.62. The molecule has 1 amide bonds. The van der Waals surface area contributed by atoms with Crippen molar-refractivity contribution in [2.75, 3.05) is 30.5 Å². The number of carbonyl (C=O) groups excluding carboxylic acids is 1. The van der Waals surface area contributed by atoms with E-state index in [4.69, 9.17) is 14.7 Å². The number of allylic oxidation sites excluding steroid dienone is 1. The molecule has 0 bridgehead atoms. The van der Waals surface area contributed by atoms with E-state index in [1.54, 1.807) is 6.20 Å². The van der Waals surface area contributed by atoms with Crippen molar-refractivity contribution in [2.45, 2.75) is 77.5 Å². The number of imidazole rings is 1. The molecule has 2 unspecified atom stereocenters. The third-order valence-electron chi connectivity index (χ3n) is 6.72. The van der Waals surface area contributed by atoms with Gasteiger partial charge in [0.05, 0.1) is 11.9 Å². The van der Waals surface area contributed by atoms with Crippen molar-refractivity contribution in [3.05, 3.63) is 24.2 Å². The van der Waals surface area contributed by atoms with Gasteiger partial charge < -0.3 is 15.4 Å². The fraction of sp³-hybridized carbons (Fsp3) is 0.640. The van der Waals surface area contributed by atoms with Crippen LogP contribution < -0.4 is 10.6 Å². The minimum atomic E-state index is -3.21. The predicted octanol–water partition coefficient (Wildman–Crippen LogP) is 4.16. The number of carbonyl (C=O) groups is 1. The fourth-order valence-corrected chi connectivity index (χ4v) is 4.71. The highest BCUT2D eigenvalue weighted by Gasteiger charge is 2.30. The largest absolute Gasteiger partial charge is 0.381 e. The molecule has 0 aromatic carbocycles. The number of nitrogens with zero attached hydrogens (tertiary/aromatic N) is 4. The summed E-state index contributed by atoms with van der Waals surface area (Å²) in [4.78, 5) is 22.1. The lowest BCUT2D eigenvalue weighted by Gasteiger charge is -2.25. The second kappa shape index (κ2) is 11.2. The summed E-state index contributed by atoms with van der Waals surface area (Å²) in [7, 11) is -1.68. The Morgan fingerprint density at radius 2 is 2.08 bits per heavy atom. The van der Waals surface area contributed by atoms with Crippen molar-refractivity contribution >= 4 is 38.6 Å². The Bertz CT molecular complexity index is 1210. The van der Waals surface area contributed by atoms with Crippen LogP contribution in [0.2, 0.25) is 0 Å². The maximum absolute atomic E-state index is 12.5. The first-order valence-electron chi connectivity index (χ1n) is 12.8. The summed E-state index contributed by atoms with van der Waals surface area (Å²) in [6.07, 6.45) is 12.0. The Morgan fingerprint density at radius 3 is 2.75 bits per heavy atom. The third-order valence-corrected chi connectivity index (χ3v) is 7.88. The highest BCUT2D eigenvalue weighted by Crippen LogP contribution is 2.34. The summed E-state index contributed by atoms with van der Waals surface area (Å²) >= 11 is 0. The number of amides is 1. The van der Waals surface area contributed by atoms with Crippen molar-refractivity contribution in [1.29, 1.82) is 0 Å². The first-order valence-corrected chi connectivity index (χ1v) is 14.7. The van der Waals surface area contributed by atoms with E-state index in [0.717, 1.165) is 80.6 Å². The van der Waals surface area contributed by atoms with Gasteiger partial charge in [0.1, 0.15) is 23.4 Å². The molecule has 3 heterocycles. The van der Waals surface area contributed by atoms with Crippen molar-refractivity contribution < 1.29 is 17.9 Å². The molecule has 2 atom stereocenters. The monoisotopic (exact) mass is 518 g/mol. The number of unbranched alkanes of at least 4 members (excludes halogenated alkanes) is 1. The van der Waals surface area contributed by atoms with Gasteiger partial charge in [-0.3, -0.25) is 13.7 Å². The molecule has 0 radical (unpaired) electrons. The van der Waals surface area contributed by atoms with E-state index in [9.17, 15) is 13.2 Å². The maximum atomic E-state index is 12.5. The van der Waals surface area contributed by atoms with Gasteiger partial charge in [0.25, 0.3) is 0 Å². The van der Waals surface area contributed by atoms with E-state index >= 15 is 0 Å². The number of ether oxygens (including phenoxy) is 1. The topological polar surface area (TPSA) is 118 Å². The zero-order valence-corrected chi connectivity index (χ0v) is 22.5. The van der Waals surface area contributed by atoms with Crippen molar-refractivity contribution in [3.8, 4) is 0 Å². The highest BCUT2D eigenvalue weighted by atomic mass is 32.2. The van der Waals surface area contributed by atoms with Gasteiger partial charge in [0, 0.05) is 37.9 Å². The summed E-state index contributed by atoms with van der Waals surface area (Å²) in [5.41, 5.74) is 2.32. The Kier molecular flexibility index (Phi) is 8.19. The second-order valence-electron chi connectivity index (χ2n) is 9.98. The van der Waals surface area contributed by atoms with Crippen molar-refractivity contribution in [3.63, 3.8) is 0 Å². The van der Waals surface area contributed by atoms with Crippen LogP contribution in [0.1, 0.15) is 70.3 Å². The lowest BCUT2D eigenvalue weighted by atomic mass is 10.1. The number of hydrogen-bond donors (Lipinski definition) is 2. The number of aryl methyl sites for hydroxylation is 1. The van der Waals surface area contributed by atoms with E-state index in [0.29, 0.717) is 5.82 Å². The van der Waals surface area contributed by atoms with Crippen LogP contribution in [-0.2, 0) is 19.6 Å². The SMILES string of the molecule is Cc1nc2c(NC(C)CCC/C=C/N(C)S(C)(=O)=O)cc(NC(=O)C3CC3)nc2n1C1CCCCO1. The van der Waals surface area contributed by atoms with Crippen LogP contribution in [0, 0.1) is 12.8 Å². The van der Waals surface area contributed by atoms with Crippen molar-refractivity contribution in [1.82, 2.24) is 18.8 Å². The Hall–Kier alpha value is -2.66. The third kappa shape index (κ3) is 6.56. The van der Waals surface area contributed by atoms with Gasteiger partial charge in [-0.05, 0) is 65.2 Å². The normalized spacial score (nSPS) is 19.5. The zero-order valence-electron chi connectivity index (χ0n) is 21.7. The molecular weight excluding hydrogens is 480 g/mol. The van der Waals surface area contributed by atoms with E-state index in [1.807, 2.05) is 19.1 Å². The minimum absolute atomic E-state index is 0.0170. The van der Waals surface area contributed by atoms with Gasteiger partial charge in [0.2, 0.25) is 15.9 Å². The molecule has 1 saturated heterocycles. The summed E-state index contributed by atoms with van der Waals surface area (Å²) in [5.74, 6) is 1.47. The lowest BCUT2D eigenvalue weighted by molar-refractivity contribution is -0.117. The molecule has 0 spiro atoms. The summed E-state index contributed by atoms with van der Waals surface area (Å²) in [6.45, 7) is 4.79. The summed E-state index contributed by atoms with van der Waals surface area (Å²) in [5, 5.41) is 6.57. The van der Waals surface area contributed by atoms with Crippen LogP contribution in [0.15, 0.2) is 18.3 Å². The predicted molar refractivity (Wildman–Crippen MR) is 141 cm³/mol. The van der Waals surface area contributed by atoms with E-state index in [-0.39, 0.29) is 24.1 Å². The molecule has 2 aromatic heterocycles. The van der Waals surface area contributed by atoms with E-state index < -0.39 is 10.0 Å². The average molecular weight is 519 g/mol. The quantitative estimate of drug-likeness (QED) is 0.429. The number of hydrogen-bond acceptors (Lipinski definition) is 7. The van der Waals surface area contributed by atoms with Crippen molar-refractivity contribution in [2.24, 2.45) is 5.92 Å². The van der Waals surface area contributed by atoms with Crippen LogP contribution in [0.3, 0.4) is 0 Å². The molecule has 36 heavy (non-hydrogen) atoms. The van der Waals surface area contributed by atoms with Crippen LogP contribution in [0.5, 0.6) is 0 Å². The molecule has 11 heteroatoms. The number of nitrogens with one attached hydrogen (secondary N) is 2. The molecule has 1 aliphatic heterocycles. The first kappa shape index (κ1) is 26.4. The molecule has 10 nitrogen and oxygen atoms in total. The number of anilines is 2. The number of fused-ring (bicyclic) bond motifs is 1. The Labute approximate surface area is 213 Å². The Balaban J connectivity index is 1.51. The minimum Gasteiger partial charge on any atom is -0.381 e. The van der Waals surface area contributed by atoms with Crippen LogP contribution in [0.25, 0.3) is 11.2 Å². The zero-order chi connectivity index (χ0) is 25.9. The fourth-order valence-electron chi connectivity index (χ4n) is 4.41. The number of sulfonamides is 1. The summed E-state index contributed by atoms with van der Waals surface area (Å²) in [6, 6.07) is 2.01. The molecule has 198 valence electrons. The smallest absolute Gasteiger partial charge is 0.231 e. The number of pyridine rings is 1. The van der Waals surface area contributed by atoms with Crippen LogP contribution in [-0.4, -0.2) is 59.1 Å². The molecule has 2 aliphatic rings. The van der Waals surface area contributed by atoms with Gasteiger partial charge in [-0.25, -0.2) is 18.4 Å². The standard InChI is InChI=1S/C25H38N6O4S/c1-17(10-6-5-8-14-30(3)36(4,33)34)26-20-16-21(29-25(32)19-12-13-19)28-24-23(20)27-18(2)31(24)22-11-7-9-15-35-22/h8,14,16-17,19,22H,5-7,9-13,15H2,1-4H3,(H2,26,28,29,32)/b14-8+. The van der Waals surface area contributed by atoms with Gasteiger partial charge >= 0.3 is 0 Å². The van der Waals surface area contributed by atoms with Gasteiger partial charge in [-0.2, -0.15) is 0 Å².